The molecule has 0 aliphatic heterocycles. The van der Waals surface area contributed by atoms with Crippen LogP contribution >= 0.6 is 11.6 Å². The van der Waals surface area contributed by atoms with Crippen LogP contribution in [0.3, 0.4) is 0 Å². The lowest BCUT2D eigenvalue weighted by atomic mass is 10.2. The first-order valence-electron chi connectivity index (χ1n) is 9.16. The van der Waals surface area contributed by atoms with Crippen molar-refractivity contribution in [2.45, 2.75) is 60.4 Å². The van der Waals surface area contributed by atoms with Crippen LogP contribution in [-0.2, 0) is 13.0 Å². The molecule has 0 aliphatic rings. The van der Waals surface area contributed by atoms with Crippen LogP contribution in [0.1, 0.15) is 51.8 Å². The Morgan fingerprint density at radius 2 is 1.88 bits per heavy atom. The number of halogens is 1. The van der Waals surface area contributed by atoms with Crippen LogP contribution in [0.5, 0.6) is 0 Å². The third-order valence-corrected chi connectivity index (χ3v) is 3.73. The second kappa shape index (κ2) is 9.48. The van der Waals surface area contributed by atoms with Crippen LogP contribution in [0.4, 0.5) is 11.6 Å². The molecule has 6 nitrogen and oxygen atoms in total. The molecule has 0 bridgehead atoms. The first kappa shape index (κ1) is 20.1. The lowest BCUT2D eigenvalue weighted by Gasteiger charge is -2.09. The Labute approximate surface area is 160 Å². The Hall–Kier alpha value is -2.21. The molecule has 1 N–H and O–H groups in total. The van der Waals surface area contributed by atoms with E-state index in [0.717, 1.165) is 47.5 Å². The zero-order valence-corrected chi connectivity index (χ0v) is 16.9. The van der Waals surface area contributed by atoms with Gasteiger partial charge in [0, 0.05) is 12.7 Å². The first-order chi connectivity index (χ1) is 12.5. The standard InChI is InChI=1S/C16H19ClN6.C3H8/c1-4-8-23-14-13(11(5-2)22-23)20-16(17)21-15(14)19-12-9-10(3)6-7-18-12;1-3-2/h6-7,9H,4-5,8H2,1-3H3,(H,18,19,20,21);3H2,1-2H3. The second-order valence-electron chi connectivity index (χ2n) is 6.11. The minimum absolute atomic E-state index is 0.207. The zero-order valence-electron chi connectivity index (χ0n) is 16.2. The lowest BCUT2D eigenvalue weighted by molar-refractivity contribution is 0.613. The minimum atomic E-state index is 0.207. The SMILES string of the molecule is CCC.CCCn1nc(CC)c2nc(Cl)nc(Nc3cc(C)ccn3)c21. The summed E-state index contributed by atoms with van der Waals surface area (Å²) in [6.45, 7) is 11.2. The first-order valence-corrected chi connectivity index (χ1v) is 9.54. The summed E-state index contributed by atoms with van der Waals surface area (Å²) >= 11 is 6.12. The van der Waals surface area contributed by atoms with Gasteiger partial charge in [-0.3, -0.25) is 4.68 Å². The predicted molar refractivity (Wildman–Crippen MR) is 108 cm³/mol. The monoisotopic (exact) mass is 374 g/mol. The maximum absolute atomic E-state index is 6.12. The van der Waals surface area contributed by atoms with Crippen LogP contribution in [-0.4, -0.2) is 24.7 Å². The van der Waals surface area contributed by atoms with Gasteiger partial charge in [-0.15, -0.1) is 0 Å². The van der Waals surface area contributed by atoms with Gasteiger partial charge in [0.1, 0.15) is 16.9 Å². The number of anilines is 2. The van der Waals surface area contributed by atoms with Gasteiger partial charge in [-0.1, -0.05) is 34.1 Å². The molecule has 0 aromatic carbocycles. The highest BCUT2D eigenvalue weighted by Gasteiger charge is 2.17. The maximum atomic E-state index is 6.12. The Morgan fingerprint density at radius 1 is 1.15 bits per heavy atom. The van der Waals surface area contributed by atoms with Crippen molar-refractivity contribution in [2.24, 2.45) is 0 Å². The molecule has 0 radical (unpaired) electrons. The van der Waals surface area contributed by atoms with Gasteiger partial charge in [-0.05, 0) is 49.1 Å². The topological polar surface area (TPSA) is 68.5 Å². The molecule has 0 amide bonds. The van der Waals surface area contributed by atoms with E-state index < -0.39 is 0 Å². The molecular formula is C19H27ClN6. The molecule has 0 aliphatic carbocycles. The summed E-state index contributed by atoms with van der Waals surface area (Å²) in [5.41, 5.74) is 3.72. The molecule has 140 valence electrons. The largest absolute Gasteiger partial charge is 0.323 e. The molecule has 3 rings (SSSR count). The second-order valence-corrected chi connectivity index (χ2v) is 6.45. The number of fused-ring (bicyclic) bond motifs is 1. The number of pyridine rings is 1. The van der Waals surface area contributed by atoms with Crippen molar-refractivity contribution in [1.29, 1.82) is 0 Å². The molecular weight excluding hydrogens is 348 g/mol. The third kappa shape index (κ3) is 4.69. The van der Waals surface area contributed by atoms with Crippen molar-refractivity contribution < 1.29 is 0 Å². The van der Waals surface area contributed by atoms with Crippen molar-refractivity contribution in [1.82, 2.24) is 24.7 Å². The van der Waals surface area contributed by atoms with Crippen molar-refractivity contribution >= 4 is 34.3 Å². The summed E-state index contributed by atoms with van der Waals surface area (Å²) in [6.07, 6.45) is 4.78. The molecule has 0 spiro atoms. The highest BCUT2D eigenvalue weighted by Crippen LogP contribution is 2.27. The maximum Gasteiger partial charge on any atom is 0.225 e. The molecule has 0 atom stereocenters. The third-order valence-electron chi connectivity index (χ3n) is 3.56. The number of nitrogens with one attached hydrogen (secondary N) is 1. The molecule has 26 heavy (non-hydrogen) atoms. The van der Waals surface area contributed by atoms with E-state index in [1.807, 2.05) is 23.7 Å². The number of aryl methyl sites for hydroxylation is 3. The van der Waals surface area contributed by atoms with Crippen molar-refractivity contribution in [3.63, 3.8) is 0 Å². The van der Waals surface area contributed by atoms with Crippen molar-refractivity contribution in [2.75, 3.05) is 5.32 Å². The fourth-order valence-corrected chi connectivity index (χ4v) is 2.71. The van der Waals surface area contributed by atoms with Gasteiger partial charge in [-0.25, -0.2) is 9.97 Å². The smallest absolute Gasteiger partial charge is 0.225 e. The Kier molecular flexibility index (Phi) is 7.33. The van der Waals surface area contributed by atoms with Crippen LogP contribution < -0.4 is 5.32 Å². The van der Waals surface area contributed by atoms with Crippen LogP contribution in [0.15, 0.2) is 18.3 Å². The van der Waals surface area contributed by atoms with E-state index in [1.54, 1.807) is 6.20 Å². The number of hydrogen-bond donors (Lipinski definition) is 1. The summed E-state index contributed by atoms with van der Waals surface area (Å²) < 4.78 is 1.95. The van der Waals surface area contributed by atoms with E-state index in [0.29, 0.717) is 5.82 Å². The molecule has 0 unspecified atom stereocenters. The van der Waals surface area contributed by atoms with E-state index in [2.05, 4.69) is 53.1 Å². The number of aromatic nitrogens is 5. The molecule has 0 saturated carbocycles. The average molecular weight is 375 g/mol. The van der Waals surface area contributed by atoms with Gasteiger partial charge in [0.25, 0.3) is 0 Å². The summed E-state index contributed by atoms with van der Waals surface area (Å²) in [5, 5.41) is 8.12. The van der Waals surface area contributed by atoms with Crippen LogP contribution in [0.2, 0.25) is 5.28 Å². The summed E-state index contributed by atoms with van der Waals surface area (Å²) in [4.78, 5) is 13.1. The molecule has 7 heteroatoms. The highest BCUT2D eigenvalue weighted by atomic mass is 35.5. The van der Waals surface area contributed by atoms with Crippen LogP contribution in [0, 0.1) is 6.92 Å². The normalized spacial score (nSPS) is 10.5. The van der Waals surface area contributed by atoms with E-state index in [-0.39, 0.29) is 5.28 Å². The number of nitrogens with zero attached hydrogens (tertiary/aromatic N) is 5. The fourth-order valence-electron chi connectivity index (χ4n) is 2.54. The molecule has 0 fully saturated rings. The van der Waals surface area contributed by atoms with Gasteiger partial charge < -0.3 is 5.32 Å². The summed E-state index contributed by atoms with van der Waals surface area (Å²) in [5.74, 6) is 1.36. The van der Waals surface area contributed by atoms with Gasteiger partial charge in [-0.2, -0.15) is 10.1 Å². The quantitative estimate of drug-likeness (QED) is 0.612. The number of rotatable bonds is 5. The summed E-state index contributed by atoms with van der Waals surface area (Å²) in [6, 6.07) is 3.91. The van der Waals surface area contributed by atoms with E-state index >= 15 is 0 Å². The van der Waals surface area contributed by atoms with Gasteiger partial charge >= 0.3 is 0 Å². The summed E-state index contributed by atoms with van der Waals surface area (Å²) in [7, 11) is 0. The number of hydrogen-bond acceptors (Lipinski definition) is 5. The fraction of sp³-hybridized carbons (Fsp3) is 0.474. The molecule has 3 aromatic heterocycles. The van der Waals surface area contributed by atoms with Gasteiger partial charge in [0.2, 0.25) is 5.28 Å². The van der Waals surface area contributed by atoms with Crippen LogP contribution in [0.25, 0.3) is 11.0 Å². The predicted octanol–water partition coefficient (Wildman–Crippen LogP) is 5.32. The molecule has 3 heterocycles. The molecule has 0 saturated heterocycles. The Balaban J connectivity index is 0.000000758. The zero-order chi connectivity index (χ0) is 19.1. The Morgan fingerprint density at radius 3 is 2.50 bits per heavy atom. The van der Waals surface area contributed by atoms with Gasteiger partial charge in [0.05, 0.1) is 5.69 Å². The van der Waals surface area contributed by atoms with E-state index in [9.17, 15) is 0 Å². The van der Waals surface area contributed by atoms with E-state index in [4.69, 9.17) is 11.6 Å². The minimum Gasteiger partial charge on any atom is -0.323 e. The Bertz CT molecular complexity index is 859. The lowest BCUT2D eigenvalue weighted by Crippen LogP contribution is -2.04. The van der Waals surface area contributed by atoms with Crippen molar-refractivity contribution in [3.8, 4) is 0 Å². The molecule has 3 aromatic rings. The van der Waals surface area contributed by atoms with Crippen molar-refractivity contribution in [3.05, 3.63) is 34.9 Å². The van der Waals surface area contributed by atoms with Gasteiger partial charge in [0.15, 0.2) is 5.82 Å². The average Bonchev–Trinajstić information content (AvgIpc) is 2.93. The van der Waals surface area contributed by atoms with E-state index in [1.165, 1.54) is 6.42 Å². The highest BCUT2D eigenvalue weighted by molar-refractivity contribution is 6.28.